The first-order chi connectivity index (χ1) is 10.3. The Balaban J connectivity index is 2.07. The van der Waals surface area contributed by atoms with E-state index in [2.05, 4.69) is 32.3 Å². The normalized spacial score (nSPS) is 9.57. The molecule has 21 heavy (non-hydrogen) atoms. The molecule has 0 atom stereocenters. The molecule has 0 aromatic carbocycles. The molecule has 6 heteroatoms. The van der Waals surface area contributed by atoms with Crippen molar-refractivity contribution < 1.29 is 9.90 Å². The number of aliphatic hydroxyl groups is 1. The number of amides is 1. The Morgan fingerprint density at radius 2 is 2.14 bits per heavy atom. The Kier molecular flexibility index (Phi) is 5.38. The van der Waals surface area contributed by atoms with Crippen LogP contribution < -0.4 is 5.32 Å². The molecule has 0 radical (unpaired) electrons. The highest BCUT2D eigenvalue weighted by molar-refractivity contribution is 5.94. The molecule has 0 spiro atoms. The van der Waals surface area contributed by atoms with Crippen molar-refractivity contribution in [1.82, 2.24) is 20.5 Å². The van der Waals surface area contributed by atoms with Crippen molar-refractivity contribution in [2.75, 3.05) is 6.61 Å². The molecular weight excluding hydrogens is 268 g/mol. The van der Waals surface area contributed by atoms with Crippen molar-refractivity contribution in [2.45, 2.75) is 13.0 Å². The van der Waals surface area contributed by atoms with Crippen molar-refractivity contribution in [3.8, 4) is 11.8 Å². The minimum absolute atomic E-state index is 0.0124. The van der Waals surface area contributed by atoms with Crippen LogP contribution in [0.2, 0.25) is 0 Å². The second-order valence-corrected chi connectivity index (χ2v) is 4.07. The van der Waals surface area contributed by atoms with Crippen molar-refractivity contribution in [3.63, 3.8) is 0 Å². The maximum absolute atomic E-state index is 12.1. The smallest absolute Gasteiger partial charge is 0.271 e. The van der Waals surface area contributed by atoms with E-state index in [9.17, 15) is 4.79 Å². The van der Waals surface area contributed by atoms with E-state index in [4.69, 9.17) is 5.11 Å². The molecule has 2 aromatic rings. The first kappa shape index (κ1) is 14.6. The maximum Gasteiger partial charge on any atom is 0.271 e. The van der Waals surface area contributed by atoms with E-state index in [0.29, 0.717) is 17.7 Å². The molecule has 0 unspecified atom stereocenters. The molecule has 0 fully saturated rings. The van der Waals surface area contributed by atoms with Crippen LogP contribution in [0.4, 0.5) is 0 Å². The van der Waals surface area contributed by atoms with Crippen molar-refractivity contribution in [3.05, 3.63) is 53.6 Å². The van der Waals surface area contributed by atoms with Crippen LogP contribution in [-0.2, 0) is 6.54 Å². The summed E-state index contributed by atoms with van der Waals surface area (Å²) in [6.07, 6.45) is 3.46. The number of nitrogens with one attached hydrogen (secondary N) is 1. The van der Waals surface area contributed by atoms with E-state index in [1.165, 1.54) is 6.20 Å². The number of hydrogen-bond donors (Lipinski definition) is 2. The standard InChI is InChI=1S/C15H14N4O2/c20-10-2-1-5-12-6-3-8-16-14(12)15(21)17-11-13-7-4-9-18-19-13/h3-4,6-9,20H,2,10-11H2,(H,17,21). The van der Waals surface area contributed by atoms with Gasteiger partial charge in [0.1, 0.15) is 5.69 Å². The lowest BCUT2D eigenvalue weighted by Crippen LogP contribution is -2.25. The van der Waals surface area contributed by atoms with Crippen LogP contribution >= 0.6 is 0 Å². The van der Waals surface area contributed by atoms with E-state index in [1.807, 2.05) is 0 Å². The predicted octanol–water partition coefficient (Wildman–Crippen LogP) is 0.536. The highest BCUT2D eigenvalue weighted by Crippen LogP contribution is 2.04. The van der Waals surface area contributed by atoms with Gasteiger partial charge in [0.25, 0.3) is 5.91 Å². The second kappa shape index (κ2) is 7.72. The molecule has 2 rings (SSSR count). The lowest BCUT2D eigenvalue weighted by Gasteiger charge is -2.05. The Labute approximate surface area is 122 Å². The highest BCUT2D eigenvalue weighted by Gasteiger charge is 2.11. The lowest BCUT2D eigenvalue weighted by atomic mass is 10.2. The van der Waals surface area contributed by atoms with Gasteiger partial charge >= 0.3 is 0 Å². The molecule has 106 valence electrons. The summed E-state index contributed by atoms with van der Waals surface area (Å²) in [6, 6.07) is 6.95. The van der Waals surface area contributed by atoms with Crippen LogP contribution in [-0.4, -0.2) is 32.8 Å². The number of rotatable bonds is 4. The predicted molar refractivity (Wildman–Crippen MR) is 76.0 cm³/mol. The van der Waals surface area contributed by atoms with Gasteiger partial charge in [-0.1, -0.05) is 11.8 Å². The minimum Gasteiger partial charge on any atom is -0.395 e. The van der Waals surface area contributed by atoms with Crippen LogP contribution in [0.15, 0.2) is 36.7 Å². The van der Waals surface area contributed by atoms with Gasteiger partial charge in [-0.15, -0.1) is 0 Å². The SMILES string of the molecule is O=C(NCc1cccnn1)c1ncccc1C#CCCO. The Bertz CT molecular complexity index is 662. The summed E-state index contributed by atoms with van der Waals surface area (Å²) >= 11 is 0. The second-order valence-electron chi connectivity index (χ2n) is 4.07. The average molecular weight is 282 g/mol. The summed E-state index contributed by atoms with van der Waals surface area (Å²) in [7, 11) is 0. The van der Waals surface area contributed by atoms with Crippen LogP contribution in [0, 0.1) is 11.8 Å². The molecule has 2 aromatic heterocycles. The van der Waals surface area contributed by atoms with E-state index in [0.717, 1.165) is 0 Å². The van der Waals surface area contributed by atoms with Gasteiger partial charge in [0.2, 0.25) is 0 Å². The number of carbonyl (C=O) groups is 1. The fraction of sp³-hybridized carbons (Fsp3) is 0.200. The topological polar surface area (TPSA) is 88.0 Å². The van der Waals surface area contributed by atoms with E-state index in [1.54, 1.807) is 30.5 Å². The number of hydrogen-bond acceptors (Lipinski definition) is 5. The Morgan fingerprint density at radius 1 is 1.29 bits per heavy atom. The summed E-state index contributed by atoms with van der Waals surface area (Å²) in [6.45, 7) is 0.258. The summed E-state index contributed by atoms with van der Waals surface area (Å²) < 4.78 is 0. The van der Waals surface area contributed by atoms with Crippen molar-refractivity contribution in [2.24, 2.45) is 0 Å². The van der Waals surface area contributed by atoms with Crippen molar-refractivity contribution >= 4 is 5.91 Å². The van der Waals surface area contributed by atoms with Gasteiger partial charge in [0.05, 0.1) is 24.4 Å². The van der Waals surface area contributed by atoms with Gasteiger partial charge in [-0.3, -0.25) is 4.79 Å². The maximum atomic E-state index is 12.1. The number of nitrogens with zero attached hydrogens (tertiary/aromatic N) is 3. The van der Waals surface area contributed by atoms with Crippen molar-refractivity contribution in [1.29, 1.82) is 0 Å². The van der Waals surface area contributed by atoms with Gasteiger partial charge < -0.3 is 10.4 Å². The van der Waals surface area contributed by atoms with Gasteiger partial charge in [-0.05, 0) is 24.3 Å². The van der Waals surface area contributed by atoms with Gasteiger partial charge in [-0.2, -0.15) is 10.2 Å². The number of aliphatic hydroxyl groups excluding tert-OH is 1. The number of aromatic nitrogens is 3. The molecule has 0 aliphatic heterocycles. The first-order valence-electron chi connectivity index (χ1n) is 6.41. The van der Waals surface area contributed by atoms with Crippen LogP contribution in [0.3, 0.4) is 0 Å². The number of carbonyl (C=O) groups excluding carboxylic acids is 1. The van der Waals surface area contributed by atoms with Gasteiger partial charge in [0, 0.05) is 18.8 Å². The summed E-state index contributed by atoms with van der Waals surface area (Å²) in [5.41, 5.74) is 1.45. The molecule has 6 nitrogen and oxygen atoms in total. The zero-order chi connectivity index (χ0) is 14.9. The largest absolute Gasteiger partial charge is 0.395 e. The molecule has 2 heterocycles. The molecular formula is C15H14N4O2. The zero-order valence-electron chi connectivity index (χ0n) is 11.3. The molecule has 0 bridgehead atoms. The third-order valence-electron chi connectivity index (χ3n) is 2.54. The van der Waals surface area contributed by atoms with E-state index in [-0.39, 0.29) is 24.8 Å². The first-order valence-corrected chi connectivity index (χ1v) is 6.41. The molecule has 2 N–H and O–H groups in total. The zero-order valence-corrected chi connectivity index (χ0v) is 11.3. The Morgan fingerprint density at radius 3 is 2.90 bits per heavy atom. The molecule has 0 saturated carbocycles. The van der Waals surface area contributed by atoms with Crippen LogP contribution in [0.25, 0.3) is 0 Å². The fourth-order valence-electron chi connectivity index (χ4n) is 1.58. The quantitative estimate of drug-likeness (QED) is 0.799. The summed E-state index contributed by atoms with van der Waals surface area (Å²) in [4.78, 5) is 16.2. The average Bonchev–Trinajstić information content (AvgIpc) is 2.54. The third kappa shape index (κ3) is 4.37. The fourth-order valence-corrected chi connectivity index (χ4v) is 1.58. The molecule has 0 saturated heterocycles. The van der Waals surface area contributed by atoms with Crippen LogP contribution in [0.5, 0.6) is 0 Å². The third-order valence-corrected chi connectivity index (χ3v) is 2.54. The number of pyridine rings is 1. The van der Waals surface area contributed by atoms with E-state index >= 15 is 0 Å². The molecule has 0 aliphatic carbocycles. The van der Waals surface area contributed by atoms with Crippen LogP contribution in [0.1, 0.15) is 28.2 Å². The molecule has 1 amide bonds. The van der Waals surface area contributed by atoms with Gasteiger partial charge in [0.15, 0.2) is 0 Å². The van der Waals surface area contributed by atoms with Gasteiger partial charge in [-0.25, -0.2) is 4.98 Å². The summed E-state index contributed by atoms with van der Waals surface area (Å²) in [5.74, 6) is 5.29. The Hall–Kier alpha value is -2.78. The monoisotopic (exact) mass is 282 g/mol. The minimum atomic E-state index is -0.324. The molecule has 0 aliphatic rings. The lowest BCUT2D eigenvalue weighted by molar-refractivity contribution is 0.0945. The van der Waals surface area contributed by atoms with E-state index < -0.39 is 0 Å². The highest BCUT2D eigenvalue weighted by atomic mass is 16.2. The summed E-state index contributed by atoms with van der Waals surface area (Å²) in [5, 5.41) is 19.1.